The van der Waals surface area contributed by atoms with Crippen LogP contribution < -0.4 is 5.32 Å². The van der Waals surface area contributed by atoms with Crippen molar-refractivity contribution in [3.63, 3.8) is 0 Å². The summed E-state index contributed by atoms with van der Waals surface area (Å²) in [6, 6.07) is 0.218. The summed E-state index contributed by atoms with van der Waals surface area (Å²) in [7, 11) is 0. The number of carbonyl (C=O) groups is 1. The van der Waals surface area contributed by atoms with E-state index < -0.39 is 0 Å². The summed E-state index contributed by atoms with van der Waals surface area (Å²) in [5.41, 5.74) is 0. The number of nitrogens with one attached hydrogen (secondary N) is 1. The summed E-state index contributed by atoms with van der Waals surface area (Å²) in [5, 5.41) is 2.98. The lowest BCUT2D eigenvalue weighted by molar-refractivity contribution is -0.140. The van der Waals surface area contributed by atoms with E-state index in [9.17, 15) is 4.79 Å². The third-order valence-corrected chi connectivity index (χ3v) is 2.86. The summed E-state index contributed by atoms with van der Waals surface area (Å²) >= 11 is 0. The van der Waals surface area contributed by atoms with Gasteiger partial charge in [-0.3, -0.25) is 4.79 Å². The molecular formula is C9H16N2O2. The molecular weight excluding hydrogens is 168 g/mol. The maximum Gasteiger partial charge on any atom is 0.246 e. The number of hydrogen-bond donors (Lipinski definition) is 1. The van der Waals surface area contributed by atoms with Crippen molar-refractivity contribution in [3.8, 4) is 0 Å². The van der Waals surface area contributed by atoms with Gasteiger partial charge in [0.2, 0.25) is 5.91 Å². The van der Waals surface area contributed by atoms with E-state index in [0.29, 0.717) is 0 Å². The molecule has 4 nitrogen and oxygen atoms in total. The van der Waals surface area contributed by atoms with Gasteiger partial charge in [-0.25, -0.2) is 0 Å². The summed E-state index contributed by atoms with van der Waals surface area (Å²) in [4.78, 5) is 13.4. The van der Waals surface area contributed by atoms with Crippen molar-refractivity contribution in [2.24, 2.45) is 0 Å². The van der Waals surface area contributed by atoms with Crippen molar-refractivity contribution in [1.82, 2.24) is 10.2 Å². The molecule has 1 N–H and O–H groups in total. The first kappa shape index (κ1) is 8.97. The Kier molecular flexibility index (Phi) is 2.51. The van der Waals surface area contributed by atoms with E-state index in [2.05, 4.69) is 17.1 Å². The number of piperidine rings is 1. The first-order chi connectivity index (χ1) is 6.29. The number of likely N-dealkylation sites (N-methyl/N-ethyl adjacent to an activating group) is 1. The normalized spacial score (nSPS) is 35.3. The van der Waals surface area contributed by atoms with Crippen LogP contribution in [0.1, 0.15) is 13.3 Å². The minimum absolute atomic E-state index is 0.0270. The average molecular weight is 184 g/mol. The molecule has 0 aromatic carbocycles. The molecule has 74 valence electrons. The Morgan fingerprint density at radius 3 is 3.31 bits per heavy atom. The van der Waals surface area contributed by atoms with Crippen LogP contribution in [0.4, 0.5) is 0 Å². The van der Waals surface area contributed by atoms with Crippen molar-refractivity contribution in [2.45, 2.75) is 25.5 Å². The molecule has 0 aromatic heterocycles. The number of fused-ring (bicyclic) bond motifs is 1. The summed E-state index contributed by atoms with van der Waals surface area (Å²) in [5.74, 6) is 0.0270. The lowest BCUT2D eigenvalue weighted by atomic mass is 10.0. The first-order valence-electron chi connectivity index (χ1n) is 4.93. The molecule has 0 saturated carbocycles. The van der Waals surface area contributed by atoms with E-state index in [-0.39, 0.29) is 24.7 Å². The predicted molar refractivity (Wildman–Crippen MR) is 48.4 cm³/mol. The van der Waals surface area contributed by atoms with Crippen molar-refractivity contribution in [1.29, 1.82) is 0 Å². The molecule has 4 heteroatoms. The van der Waals surface area contributed by atoms with Gasteiger partial charge in [0, 0.05) is 13.1 Å². The van der Waals surface area contributed by atoms with Crippen LogP contribution in [0.3, 0.4) is 0 Å². The zero-order valence-corrected chi connectivity index (χ0v) is 7.95. The lowest BCUT2D eigenvalue weighted by Gasteiger charge is -2.40. The third kappa shape index (κ3) is 1.84. The van der Waals surface area contributed by atoms with E-state index in [0.717, 1.165) is 26.1 Å². The summed E-state index contributed by atoms with van der Waals surface area (Å²) in [6.07, 6.45) is 1.29. The van der Waals surface area contributed by atoms with Gasteiger partial charge < -0.3 is 15.0 Å². The lowest BCUT2D eigenvalue weighted by Crippen LogP contribution is -2.60. The SMILES string of the molecule is CCN1CCC2OCC(=O)NC2C1. The van der Waals surface area contributed by atoms with Crippen molar-refractivity contribution in [2.75, 3.05) is 26.2 Å². The molecule has 2 aliphatic rings. The van der Waals surface area contributed by atoms with Gasteiger partial charge >= 0.3 is 0 Å². The van der Waals surface area contributed by atoms with Gasteiger partial charge in [0.25, 0.3) is 0 Å². The first-order valence-corrected chi connectivity index (χ1v) is 4.93. The molecule has 0 bridgehead atoms. The number of ether oxygens (including phenoxy) is 1. The molecule has 13 heavy (non-hydrogen) atoms. The van der Waals surface area contributed by atoms with Crippen LogP contribution in [0, 0.1) is 0 Å². The van der Waals surface area contributed by atoms with Gasteiger partial charge in [-0.15, -0.1) is 0 Å². The largest absolute Gasteiger partial charge is 0.366 e. The van der Waals surface area contributed by atoms with E-state index in [1.54, 1.807) is 0 Å². The van der Waals surface area contributed by atoms with Crippen LogP contribution in [-0.2, 0) is 9.53 Å². The fourth-order valence-electron chi connectivity index (χ4n) is 2.05. The summed E-state index contributed by atoms with van der Waals surface area (Å²) < 4.78 is 5.45. The molecule has 2 aliphatic heterocycles. The van der Waals surface area contributed by atoms with E-state index in [1.807, 2.05) is 0 Å². The Hall–Kier alpha value is -0.610. The molecule has 2 heterocycles. The monoisotopic (exact) mass is 184 g/mol. The molecule has 2 saturated heterocycles. The number of likely N-dealkylation sites (tertiary alicyclic amines) is 1. The van der Waals surface area contributed by atoms with Gasteiger partial charge in [0.15, 0.2) is 0 Å². The van der Waals surface area contributed by atoms with Crippen LogP contribution in [-0.4, -0.2) is 49.2 Å². The Morgan fingerprint density at radius 2 is 2.54 bits per heavy atom. The van der Waals surface area contributed by atoms with E-state index in [4.69, 9.17) is 4.74 Å². The highest BCUT2D eigenvalue weighted by molar-refractivity contribution is 5.78. The van der Waals surface area contributed by atoms with Crippen LogP contribution in [0.25, 0.3) is 0 Å². The topological polar surface area (TPSA) is 41.6 Å². The number of morpholine rings is 1. The zero-order valence-electron chi connectivity index (χ0n) is 7.95. The van der Waals surface area contributed by atoms with E-state index >= 15 is 0 Å². The second-order valence-corrected chi connectivity index (χ2v) is 3.71. The van der Waals surface area contributed by atoms with Crippen LogP contribution in [0.2, 0.25) is 0 Å². The fraction of sp³-hybridized carbons (Fsp3) is 0.889. The van der Waals surface area contributed by atoms with E-state index in [1.165, 1.54) is 0 Å². The highest BCUT2D eigenvalue weighted by Crippen LogP contribution is 2.16. The van der Waals surface area contributed by atoms with Gasteiger partial charge in [-0.05, 0) is 13.0 Å². The molecule has 0 radical (unpaired) electrons. The maximum atomic E-state index is 11.1. The zero-order chi connectivity index (χ0) is 9.26. The Bertz CT molecular complexity index is 208. The standard InChI is InChI=1S/C9H16N2O2/c1-2-11-4-3-8-7(5-11)10-9(12)6-13-8/h7-8H,2-6H2,1H3,(H,10,12). The Balaban J connectivity index is 1.95. The van der Waals surface area contributed by atoms with Crippen LogP contribution in [0.5, 0.6) is 0 Å². The smallest absolute Gasteiger partial charge is 0.246 e. The number of carbonyl (C=O) groups excluding carboxylic acids is 1. The van der Waals surface area contributed by atoms with Gasteiger partial charge in [-0.2, -0.15) is 0 Å². The molecule has 1 amide bonds. The Labute approximate surface area is 78.2 Å². The molecule has 0 aliphatic carbocycles. The molecule has 2 rings (SSSR count). The van der Waals surface area contributed by atoms with Crippen molar-refractivity contribution >= 4 is 5.91 Å². The second kappa shape index (κ2) is 3.64. The third-order valence-electron chi connectivity index (χ3n) is 2.86. The quantitative estimate of drug-likeness (QED) is 0.602. The van der Waals surface area contributed by atoms with Crippen molar-refractivity contribution in [3.05, 3.63) is 0 Å². The molecule has 2 fully saturated rings. The van der Waals surface area contributed by atoms with Crippen LogP contribution in [0.15, 0.2) is 0 Å². The minimum atomic E-state index is 0.0270. The molecule has 0 aromatic rings. The van der Waals surface area contributed by atoms with Gasteiger partial charge in [0.05, 0.1) is 12.1 Å². The number of amides is 1. The highest BCUT2D eigenvalue weighted by atomic mass is 16.5. The Morgan fingerprint density at radius 1 is 1.69 bits per heavy atom. The van der Waals surface area contributed by atoms with Gasteiger partial charge in [0.1, 0.15) is 6.61 Å². The minimum Gasteiger partial charge on any atom is -0.366 e. The molecule has 2 unspecified atom stereocenters. The maximum absolute atomic E-state index is 11.1. The highest BCUT2D eigenvalue weighted by Gasteiger charge is 2.33. The number of rotatable bonds is 1. The predicted octanol–water partition coefficient (Wildman–Crippen LogP) is -0.404. The van der Waals surface area contributed by atoms with Gasteiger partial charge in [-0.1, -0.05) is 6.92 Å². The molecule has 0 spiro atoms. The van der Waals surface area contributed by atoms with Crippen molar-refractivity contribution < 1.29 is 9.53 Å². The summed E-state index contributed by atoms with van der Waals surface area (Å²) in [6.45, 7) is 5.47. The second-order valence-electron chi connectivity index (χ2n) is 3.71. The number of nitrogens with zero attached hydrogens (tertiary/aromatic N) is 1. The average Bonchev–Trinajstić information content (AvgIpc) is 2.16. The molecule has 2 atom stereocenters. The van der Waals surface area contributed by atoms with Crippen LogP contribution >= 0.6 is 0 Å². The number of hydrogen-bond acceptors (Lipinski definition) is 3. The fourth-order valence-corrected chi connectivity index (χ4v) is 2.05.